The molecule has 0 radical (unpaired) electrons. The van der Waals surface area contributed by atoms with Gasteiger partial charge in [0.1, 0.15) is 0 Å². The molecule has 0 atom stereocenters. The van der Waals surface area contributed by atoms with E-state index in [-0.39, 0.29) is 5.69 Å². The first-order valence-electron chi connectivity index (χ1n) is 5.10. The van der Waals surface area contributed by atoms with Gasteiger partial charge >= 0.3 is 5.97 Å². The Bertz CT molecular complexity index is 590. The largest absolute Gasteiger partial charge is 0.464 e. The van der Waals surface area contributed by atoms with Crippen LogP contribution in [-0.2, 0) is 4.74 Å². The summed E-state index contributed by atoms with van der Waals surface area (Å²) < 4.78 is 6.03. The molecule has 94 valence electrons. The standard InChI is InChI=1S/C11H11ClN4O2/c1-6-7(12)5-16(15-6)10-8(13)3-4-9(14-10)11(17)18-2/h3-5H,13H2,1-2H3. The lowest BCUT2D eigenvalue weighted by molar-refractivity contribution is 0.0594. The minimum absolute atomic E-state index is 0.158. The van der Waals surface area contributed by atoms with Crippen LogP contribution in [0.3, 0.4) is 0 Å². The maximum atomic E-state index is 11.4. The van der Waals surface area contributed by atoms with Gasteiger partial charge in [-0.25, -0.2) is 14.5 Å². The topological polar surface area (TPSA) is 83.0 Å². The van der Waals surface area contributed by atoms with E-state index in [0.29, 0.717) is 22.2 Å². The fourth-order valence-electron chi connectivity index (χ4n) is 1.41. The first-order chi connectivity index (χ1) is 8.52. The molecule has 0 saturated heterocycles. The Balaban J connectivity index is 2.52. The van der Waals surface area contributed by atoms with Crippen LogP contribution in [0.25, 0.3) is 5.82 Å². The highest BCUT2D eigenvalue weighted by Crippen LogP contribution is 2.19. The lowest BCUT2D eigenvalue weighted by atomic mass is 10.3. The number of aromatic nitrogens is 3. The number of carbonyl (C=O) groups is 1. The van der Waals surface area contributed by atoms with Crippen molar-refractivity contribution in [2.75, 3.05) is 12.8 Å². The molecule has 2 aromatic heterocycles. The molecule has 0 aromatic carbocycles. The van der Waals surface area contributed by atoms with Crippen LogP contribution in [0.15, 0.2) is 18.3 Å². The third-order valence-electron chi connectivity index (χ3n) is 2.36. The van der Waals surface area contributed by atoms with Crippen molar-refractivity contribution in [2.45, 2.75) is 6.92 Å². The minimum atomic E-state index is -0.536. The van der Waals surface area contributed by atoms with Crippen LogP contribution in [0.2, 0.25) is 5.02 Å². The molecular formula is C11H11ClN4O2. The van der Waals surface area contributed by atoms with Crippen LogP contribution in [0.1, 0.15) is 16.2 Å². The zero-order valence-corrected chi connectivity index (χ0v) is 10.6. The van der Waals surface area contributed by atoms with Crippen molar-refractivity contribution in [1.82, 2.24) is 14.8 Å². The molecule has 0 spiro atoms. The smallest absolute Gasteiger partial charge is 0.356 e. The van der Waals surface area contributed by atoms with Gasteiger partial charge in [-0.2, -0.15) is 5.10 Å². The van der Waals surface area contributed by atoms with E-state index in [0.717, 1.165) is 0 Å². The van der Waals surface area contributed by atoms with E-state index in [1.54, 1.807) is 19.2 Å². The lowest BCUT2D eigenvalue weighted by Crippen LogP contribution is -2.10. The number of halogens is 1. The van der Waals surface area contributed by atoms with Crippen molar-refractivity contribution < 1.29 is 9.53 Å². The van der Waals surface area contributed by atoms with Crippen molar-refractivity contribution >= 4 is 23.3 Å². The summed E-state index contributed by atoms with van der Waals surface area (Å²) in [4.78, 5) is 15.5. The van der Waals surface area contributed by atoms with Crippen molar-refractivity contribution in [3.8, 4) is 5.82 Å². The Morgan fingerprint density at radius 1 is 1.50 bits per heavy atom. The number of nitrogens with two attached hydrogens (primary N) is 1. The molecule has 7 heteroatoms. The van der Waals surface area contributed by atoms with Crippen molar-refractivity contribution in [2.24, 2.45) is 0 Å². The second kappa shape index (κ2) is 4.66. The van der Waals surface area contributed by atoms with Crippen LogP contribution < -0.4 is 5.73 Å². The normalized spacial score (nSPS) is 10.4. The van der Waals surface area contributed by atoms with Gasteiger partial charge in [0.05, 0.1) is 29.7 Å². The zero-order chi connectivity index (χ0) is 13.3. The molecule has 2 rings (SSSR count). The number of hydrogen-bond acceptors (Lipinski definition) is 5. The van der Waals surface area contributed by atoms with Gasteiger partial charge in [0.2, 0.25) is 0 Å². The van der Waals surface area contributed by atoms with Gasteiger partial charge in [-0.1, -0.05) is 11.6 Å². The quantitative estimate of drug-likeness (QED) is 0.835. The molecule has 18 heavy (non-hydrogen) atoms. The molecule has 0 saturated carbocycles. The number of methoxy groups -OCH3 is 1. The molecule has 0 aliphatic heterocycles. The monoisotopic (exact) mass is 266 g/mol. The van der Waals surface area contributed by atoms with Gasteiger partial charge in [-0.05, 0) is 19.1 Å². The predicted molar refractivity (Wildman–Crippen MR) is 66.9 cm³/mol. The first kappa shape index (κ1) is 12.4. The molecule has 0 amide bonds. The predicted octanol–water partition coefficient (Wildman–Crippen LogP) is 1.60. The van der Waals surface area contributed by atoms with Crippen molar-refractivity contribution in [3.63, 3.8) is 0 Å². The van der Waals surface area contributed by atoms with Gasteiger partial charge in [-0.3, -0.25) is 0 Å². The van der Waals surface area contributed by atoms with E-state index in [1.807, 2.05) is 0 Å². The molecule has 2 N–H and O–H groups in total. The van der Waals surface area contributed by atoms with E-state index in [1.165, 1.54) is 17.9 Å². The summed E-state index contributed by atoms with van der Waals surface area (Å²) in [5.74, 6) is -0.195. The van der Waals surface area contributed by atoms with Crippen molar-refractivity contribution in [3.05, 3.63) is 34.7 Å². The molecule has 6 nitrogen and oxygen atoms in total. The highest BCUT2D eigenvalue weighted by molar-refractivity contribution is 6.31. The Morgan fingerprint density at radius 3 is 2.78 bits per heavy atom. The summed E-state index contributed by atoms with van der Waals surface area (Å²) in [6.07, 6.45) is 1.58. The number of nitrogen functional groups attached to an aromatic ring is 1. The highest BCUT2D eigenvalue weighted by Gasteiger charge is 2.13. The SMILES string of the molecule is COC(=O)c1ccc(N)c(-n2cc(Cl)c(C)n2)n1. The molecule has 0 fully saturated rings. The van der Waals surface area contributed by atoms with Gasteiger partial charge in [-0.15, -0.1) is 0 Å². The number of ether oxygens (including phenoxy) is 1. The number of pyridine rings is 1. The van der Waals surface area contributed by atoms with Crippen molar-refractivity contribution in [1.29, 1.82) is 0 Å². The summed E-state index contributed by atoms with van der Waals surface area (Å²) in [7, 11) is 1.29. The minimum Gasteiger partial charge on any atom is -0.464 e. The van der Waals surface area contributed by atoms with E-state index < -0.39 is 5.97 Å². The van der Waals surface area contributed by atoms with Crippen LogP contribution in [0, 0.1) is 6.92 Å². The second-order valence-corrected chi connectivity index (χ2v) is 4.02. The lowest BCUT2D eigenvalue weighted by Gasteiger charge is -2.06. The Kier molecular flexibility index (Phi) is 3.20. The molecular weight excluding hydrogens is 256 g/mol. The fraction of sp³-hybridized carbons (Fsp3) is 0.182. The maximum Gasteiger partial charge on any atom is 0.356 e. The number of hydrogen-bond donors (Lipinski definition) is 1. The molecule has 0 unspecified atom stereocenters. The van der Waals surface area contributed by atoms with Crippen LogP contribution in [0.4, 0.5) is 5.69 Å². The Hall–Kier alpha value is -2.08. The summed E-state index contributed by atoms with van der Waals surface area (Å²) in [6, 6.07) is 3.06. The number of esters is 1. The molecule has 0 aliphatic carbocycles. The summed E-state index contributed by atoms with van der Waals surface area (Å²) in [5.41, 5.74) is 7.01. The zero-order valence-electron chi connectivity index (χ0n) is 9.85. The summed E-state index contributed by atoms with van der Waals surface area (Å²) in [5, 5.41) is 4.66. The van der Waals surface area contributed by atoms with E-state index >= 15 is 0 Å². The fourth-order valence-corrected chi connectivity index (χ4v) is 1.54. The number of aryl methyl sites for hydroxylation is 1. The van der Waals surface area contributed by atoms with Crippen LogP contribution in [-0.4, -0.2) is 27.8 Å². The molecule has 2 heterocycles. The average molecular weight is 267 g/mol. The number of nitrogens with zero attached hydrogens (tertiary/aromatic N) is 3. The van der Waals surface area contributed by atoms with Crippen LogP contribution >= 0.6 is 11.6 Å². The average Bonchev–Trinajstić information content (AvgIpc) is 2.69. The third kappa shape index (κ3) is 2.14. The third-order valence-corrected chi connectivity index (χ3v) is 2.73. The first-order valence-corrected chi connectivity index (χ1v) is 5.47. The van der Waals surface area contributed by atoms with Crippen LogP contribution in [0.5, 0.6) is 0 Å². The maximum absolute atomic E-state index is 11.4. The van der Waals surface area contributed by atoms with E-state index in [4.69, 9.17) is 17.3 Å². The summed E-state index contributed by atoms with van der Waals surface area (Å²) >= 11 is 5.92. The molecule has 2 aromatic rings. The van der Waals surface area contributed by atoms with Gasteiger partial charge in [0.15, 0.2) is 11.5 Å². The van der Waals surface area contributed by atoms with E-state index in [2.05, 4.69) is 14.8 Å². The Labute approximate surface area is 108 Å². The number of anilines is 1. The van der Waals surface area contributed by atoms with Gasteiger partial charge < -0.3 is 10.5 Å². The highest BCUT2D eigenvalue weighted by atomic mass is 35.5. The van der Waals surface area contributed by atoms with Gasteiger partial charge in [0, 0.05) is 0 Å². The molecule has 0 bridgehead atoms. The number of rotatable bonds is 2. The van der Waals surface area contributed by atoms with Gasteiger partial charge in [0.25, 0.3) is 0 Å². The Morgan fingerprint density at radius 2 is 2.22 bits per heavy atom. The van der Waals surface area contributed by atoms with E-state index in [9.17, 15) is 4.79 Å². The summed E-state index contributed by atoms with van der Waals surface area (Å²) in [6.45, 7) is 1.76. The molecule has 0 aliphatic rings. The second-order valence-electron chi connectivity index (χ2n) is 3.61. The number of carbonyl (C=O) groups excluding carboxylic acids is 1.